The van der Waals surface area contributed by atoms with Crippen LogP contribution in [0, 0.1) is 5.92 Å². The molecular weight excluding hydrogens is 156 g/mol. The van der Waals surface area contributed by atoms with Gasteiger partial charge in [-0.2, -0.15) is 0 Å². The van der Waals surface area contributed by atoms with Gasteiger partial charge in [0.1, 0.15) is 5.78 Å². The van der Waals surface area contributed by atoms with E-state index in [-0.39, 0.29) is 5.78 Å². The van der Waals surface area contributed by atoms with Crippen LogP contribution in [-0.2, 0) is 4.79 Å². The lowest BCUT2D eigenvalue weighted by Gasteiger charge is -2.22. The topological polar surface area (TPSA) is 57.5 Å². The standard InChI is InChI=1S/C9H18O3/c1-4-5-8(12)9(6(2)10)7(3)11/h6,8-10,12H,4-5H2,1-3H3. The average molecular weight is 174 g/mol. The Bertz CT molecular complexity index is 143. The van der Waals surface area contributed by atoms with Crippen molar-refractivity contribution in [2.75, 3.05) is 0 Å². The Balaban J connectivity index is 4.19. The molecule has 0 aromatic rings. The van der Waals surface area contributed by atoms with Crippen LogP contribution in [0.4, 0.5) is 0 Å². The molecule has 2 N–H and O–H groups in total. The summed E-state index contributed by atoms with van der Waals surface area (Å²) in [5, 5.41) is 18.7. The first-order chi connectivity index (χ1) is 5.50. The Morgan fingerprint density at radius 3 is 2.17 bits per heavy atom. The van der Waals surface area contributed by atoms with Gasteiger partial charge in [-0.3, -0.25) is 4.79 Å². The fourth-order valence-electron chi connectivity index (χ4n) is 1.41. The molecule has 3 unspecified atom stereocenters. The van der Waals surface area contributed by atoms with Gasteiger partial charge in [-0.05, 0) is 20.3 Å². The van der Waals surface area contributed by atoms with E-state index in [0.717, 1.165) is 6.42 Å². The van der Waals surface area contributed by atoms with E-state index < -0.39 is 18.1 Å². The summed E-state index contributed by atoms with van der Waals surface area (Å²) in [6.07, 6.45) is -0.0798. The quantitative estimate of drug-likeness (QED) is 0.646. The van der Waals surface area contributed by atoms with Crippen molar-refractivity contribution in [1.29, 1.82) is 0 Å². The van der Waals surface area contributed by atoms with E-state index in [9.17, 15) is 15.0 Å². The smallest absolute Gasteiger partial charge is 0.138 e. The van der Waals surface area contributed by atoms with Crippen LogP contribution in [0.5, 0.6) is 0 Å². The minimum atomic E-state index is -0.760. The van der Waals surface area contributed by atoms with E-state index in [2.05, 4.69) is 0 Å². The maximum Gasteiger partial charge on any atom is 0.138 e. The highest BCUT2D eigenvalue weighted by molar-refractivity contribution is 5.79. The second-order valence-electron chi connectivity index (χ2n) is 3.23. The van der Waals surface area contributed by atoms with Gasteiger partial charge in [0.2, 0.25) is 0 Å². The summed E-state index contributed by atoms with van der Waals surface area (Å²) in [5.41, 5.74) is 0. The number of hydrogen-bond donors (Lipinski definition) is 2. The molecule has 0 aliphatic heterocycles. The Hall–Kier alpha value is -0.410. The Kier molecular flexibility index (Phi) is 5.09. The van der Waals surface area contributed by atoms with Crippen molar-refractivity contribution in [3.8, 4) is 0 Å². The van der Waals surface area contributed by atoms with E-state index in [1.165, 1.54) is 13.8 Å². The van der Waals surface area contributed by atoms with Crippen LogP contribution in [0.3, 0.4) is 0 Å². The van der Waals surface area contributed by atoms with Gasteiger partial charge in [0.15, 0.2) is 0 Å². The van der Waals surface area contributed by atoms with Gasteiger partial charge in [-0.25, -0.2) is 0 Å². The maximum atomic E-state index is 11.0. The number of aliphatic hydroxyl groups excluding tert-OH is 2. The molecule has 0 rings (SSSR count). The third-order valence-corrected chi connectivity index (χ3v) is 1.99. The van der Waals surface area contributed by atoms with Gasteiger partial charge in [-0.1, -0.05) is 13.3 Å². The van der Waals surface area contributed by atoms with Gasteiger partial charge in [0.25, 0.3) is 0 Å². The SMILES string of the molecule is CCCC(O)C(C(C)=O)C(C)O. The van der Waals surface area contributed by atoms with E-state index >= 15 is 0 Å². The molecule has 0 fully saturated rings. The fourth-order valence-corrected chi connectivity index (χ4v) is 1.41. The summed E-state index contributed by atoms with van der Waals surface area (Å²) in [4.78, 5) is 11.0. The van der Waals surface area contributed by atoms with Crippen molar-refractivity contribution in [1.82, 2.24) is 0 Å². The minimum absolute atomic E-state index is 0.147. The predicted octanol–water partition coefficient (Wildman–Crippen LogP) is 0.733. The molecule has 0 amide bonds. The molecular formula is C9H18O3. The van der Waals surface area contributed by atoms with Crippen molar-refractivity contribution in [3.05, 3.63) is 0 Å². The van der Waals surface area contributed by atoms with E-state index in [0.29, 0.717) is 6.42 Å². The minimum Gasteiger partial charge on any atom is -0.393 e. The molecule has 3 nitrogen and oxygen atoms in total. The molecule has 72 valence electrons. The monoisotopic (exact) mass is 174 g/mol. The highest BCUT2D eigenvalue weighted by Gasteiger charge is 2.27. The summed E-state index contributed by atoms with van der Waals surface area (Å²) in [6.45, 7) is 4.86. The molecule has 0 saturated heterocycles. The van der Waals surface area contributed by atoms with Crippen LogP contribution < -0.4 is 0 Å². The van der Waals surface area contributed by atoms with Crippen LogP contribution in [0.15, 0.2) is 0 Å². The molecule has 0 aromatic heterocycles. The molecule has 3 heteroatoms. The first-order valence-electron chi connectivity index (χ1n) is 4.37. The lowest BCUT2D eigenvalue weighted by Crippen LogP contribution is -2.35. The predicted molar refractivity (Wildman–Crippen MR) is 46.8 cm³/mol. The number of hydrogen-bond acceptors (Lipinski definition) is 3. The fraction of sp³-hybridized carbons (Fsp3) is 0.889. The van der Waals surface area contributed by atoms with E-state index in [4.69, 9.17) is 0 Å². The number of ketones is 1. The zero-order chi connectivity index (χ0) is 9.72. The summed E-state index contributed by atoms with van der Waals surface area (Å²) in [5.74, 6) is -0.768. The molecule has 3 atom stereocenters. The second-order valence-corrected chi connectivity index (χ2v) is 3.23. The lowest BCUT2D eigenvalue weighted by atomic mass is 9.90. The highest BCUT2D eigenvalue weighted by Crippen LogP contribution is 2.14. The average Bonchev–Trinajstić information content (AvgIpc) is 1.85. The van der Waals surface area contributed by atoms with E-state index in [1.807, 2.05) is 6.92 Å². The summed E-state index contributed by atoms with van der Waals surface area (Å²) in [6, 6.07) is 0. The molecule has 0 heterocycles. The zero-order valence-electron chi connectivity index (χ0n) is 7.95. The highest BCUT2D eigenvalue weighted by atomic mass is 16.3. The maximum absolute atomic E-state index is 11.0. The molecule has 0 aliphatic carbocycles. The third kappa shape index (κ3) is 3.32. The van der Waals surface area contributed by atoms with Crippen molar-refractivity contribution in [3.63, 3.8) is 0 Å². The lowest BCUT2D eigenvalue weighted by molar-refractivity contribution is -0.129. The van der Waals surface area contributed by atoms with Crippen LogP contribution in [0.25, 0.3) is 0 Å². The molecule has 0 spiro atoms. The third-order valence-electron chi connectivity index (χ3n) is 1.99. The van der Waals surface area contributed by atoms with Crippen LogP contribution in [0.2, 0.25) is 0 Å². The molecule has 0 aromatic carbocycles. The molecule has 0 radical (unpaired) electrons. The normalized spacial score (nSPS) is 18.4. The van der Waals surface area contributed by atoms with Crippen LogP contribution in [-0.4, -0.2) is 28.2 Å². The zero-order valence-corrected chi connectivity index (χ0v) is 7.95. The van der Waals surface area contributed by atoms with Crippen molar-refractivity contribution >= 4 is 5.78 Å². The summed E-state index contributed by atoms with van der Waals surface area (Å²) >= 11 is 0. The number of carbonyl (C=O) groups is 1. The second kappa shape index (κ2) is 5.27. The van der Waals surface area contributed by atoms with Gasteiger partial charge in [0, 0.05) is 0 Å². The number of carbonyl (C=O) groups excluding carboxylic acids is 1. The van der Waals surface area contributed by atoms with Gasteiger partial charge in [-0.15, -0.1) is 0 Å². The molecule has 0 saturated carbocycles. The van der Waals surface area contributed by atoms with Crippen molar-refractivity contribution in [2.45, 2.75) is 45.8 Å². The first-order valence-corrected chi connectivity index (χ1v) is 4.37. The largest absolute Gasteiger partial charge is 0.393 e. The number of aliphatic hydroxyl groups is 2. The first kappa shape index (κ1) is 11.6. The van der Waals surface area contributed by atoms with Gasteiger partial charge in [0.05, 0.1) is 18.1 Å². The Morgan fingerprint density at radius 1 is 1.42 bits per heavy atom. The Morgan fingerprint density at radius 2 is 1.92 bits per heavy atom. The van der Waals surface area contributed by atoms with Crippen LogP contribution in [0.1, 0.15) is 33.6 Å². The van der Waals surface area contributed by atoms with E-state index in [1.54, 1.807) is 0 Å². The van der Waals surface area contributed by atoms with Gasteiger partial charge < -0.3 is 10.2 Å². The van der Waals surface area contributed by atoms with Crippen molar-refractivity contribution < 1.29 is 15.0 Å². The van der Waals surface area contributed by atoms with Crippen LogP contribution >= 0.6 is 0 Å². The summed E-state index contributed by atoms with van der Waals surface area (Å²) < 4.78 is 0. The number of Topliss-reactive ketones (excluding diaryl/α,β-unsaturated/α-hetero) is 1. The molecule has 0 aliphatic rings. The molecule has 0 bridgehead atoms. The Labute approximate surface area is 73.4 Å². The number of rotatable bonds is 5. The van der Waals surface area contributed by atoms with Gasteiger partial charge >= 0.3 is 0 Å². The van der Waals surface area contributed by atoms with Crippen molar-refractivity contribution in [2.24, 2.45) is 5.92 Å². The molecule has 12 heavy (non-hydrogen) atoms. The summed E-state index contributed by atoms with van der Waals surface area (Å²) in [7, 11) is 0.